The van der Waals surface area contributed by atoms with Crippen molar-refractivity contribution >= 4 is 64.1 Å². The standard InChI is InChI=1S/C47H38ClFN4O6/c1-59-41-25-27(8-24-40(41)54)7-23-38-35-21-22-36-42(45(57)52(43(36)55)34-19-17-32(18-20-34)50-31-5-3-2-4-6-31)37(35)26-39-44(56)53(51-33-15-13-30(49)14-16-33)46(58)47(38,39)28-9-11-29(48)12-10-28/h2-21,23-25,36-39,42,50-51,54H,22,26H2,1H3/t36-,37+,38-,39-,42-,47-/m0/s1. The number of nitrogens with one attached hydrogen (secondary N) is 2. The molecule has 2 heterocycles. The van der Waals surface area contributed by atoms with Gasteiger partial charge in [0.1, 0.15) is 5.82 Å². The average molecular weight is 809 g/mol. The van der Waals surface area contributed by atoms with Crippen LogP contribution in [0.25, 0.3) is 6.08 Å². The molecule has 2 aliphatic heterocycles. The summed E-state index contributed by atoms with van der Waals surface area (Å²) in [5, 5.41) is 15.1. The molecule has 2 saturated heterocycles. The molecule has 0 unspecified atom stereocenters. The van der Waals surface area contributed by atoms with Gasteiger partial charge in [0, 0.05) is 22.3 Å². The van der Waals surface area contributed by atoms with Crippen molar-refractivity contribution in [1.82, 2.24) is 5.01 Å². The van der Waals surface area contributed by atoms with Crippen molar-refractivity contribution in [1.29, 1.82) is 0 Å². The Morgan fingerprint density at radius 1 is 0.814 bits per heavy atom. The van der Waals surface area contributed by atoms with Crippen LogP contribution in [0.15, 0.2) is 139 Å². The van der Waals surface area contributed by atoms with Gasteiger partial charge in [-0.15, -0.1) is 0 Å². The number of hydrazine groups is 1. The maximum atomic E-state index is 15.3. The summed E-state index contributed by atoms with van der Waals surface area (Å²) in [7, 11) is 1.45. The molecule has 59 heavy (non-hydrogen) atoms. The summed E-state index contributed by atoms with van der Waals surface area (Å²) in [4.78, 5) is 60.4. The van der Waals surface area contributed by atoms with Gasteiger partial charge in [0.15, 0.2) is 11.5 Å². The zero-order valence-corrected chi connectivity index (χ0v) is 32.5. The Bertz CT molecular complexity index is 2550. The molecule has 9 rings (SSSR count). The fraction of sp³-hybridized carbons (Fsp3) is 0.191. The molecule has 6 atom stereocenters. The number of carbonyl (C=O) groups is 4. The summed E-state index contributed by atoms with van der Waals surface area (Å²) in [6.45, 7) is 0. The number of methoxy groups -OCH3 is 1. The predicted octanol–water partition coefficient (Wildman–Crippen LogP) is 8.67. The third-order valence-electron chi connectivity index (χ3n) is 12.2. The van der Waals surface area contributed by atoms with Crippen LogP contribution in [0.2, 0.25) is 5.02 Å². The highest BCUT2D eigenvalue weighted by atomic mass is 35.5. The number of hydrogen-bond donors (Lipinski definition) is 3. The molecule has 10 nitrogen and oxygen atoms in total. The Labute approximate surface area is 344 Å². The van der Waals surface area contributed by atoms with Crippen LogP contribution in [-0.4, -0.2) is 40.9 Å². The van der Waals surface area contributed by atoms with Crippen LogP contribution < -0.4 is 20.4 Å². The summed E-state index contributed by atoms with van der Waals surface area (Å²) in [6, 6.07) is 33.8. The molecule has 0 radical (unpaired) electrons. The normalized spacial score (nSPS) is 24.8. The molecule has 5 aromatic rings. The lowest BCUT2D eigenvalue weighted by molar-refractivity contribution is -0.139. The van der Waals surface area contributed by atoms with Gasteiger partial charge < -0.3 is 15.2 Å². The predicted molar refractivity (Wildman–Crippen MR) is 222 cm³/mol. The first-order valence-electron chi connectivity index (χ1n) is 19.3. The van der Waals surface area contributed by atoms with Crippen molar-refractivity contribution in [2.75, 3.05) is 22.8 Å². The minimum Gasteiger partial charge on any atom is -0.504 e. The highest BCUT2D eigenvalue weighted by Crippen LogP contribution is 2.61. The number of benzene rings is 5. The van der Waals surface area contributed by atoms with E-state index in [2.05, 4.69) is 10.7 Å². The van der Waals surface area contributed by atoms with Gasteiger partial charge >= 0.3 is 0 Å². The largest absolute Gasteiger partial charge is 0.504 e. The molecule has 1 saturated carbocycles. The molecule has 0 aromatic heterocycles. The Kier molecular flexibility index (Phi) is 9.55. The van der Waals surface area contributed by atoms with E-state index in [9.17, 15) is 23.9 Å². The van der Waals surface area contributed by atoms with E-state index in [1.165, 1.54) is 42.3 Å². The van der Waals surface area contributed by atoms with E-state index < -0.39 is 52.6 Å². The molecule has 3 N–H and O–H groups in total. The van der Waals surface area contributed by atoms with E-state index in [1.54, 1.807) is 48.5 Å². The van der Waals surface area contributed by atoms with E-state index in [4.69, 9.17) is 16.3 Å². The fourth-order valence-electron chi connectivity index (χ4n) is 9.54. The molecular weight excluding hydrogens is 771 g/mol. The van der Waals surface area contributed by atoms with Gasteiger partial charge in [0.05, 0.1) is 41.7 Å². The Morgan fingerprint density at radius 2 is 1.51 bits per heavy atom. The zero-order valence-electron chi connectivity index (χ0n) is 31.7. The Balaban J connectivity index is 1.14. The fourth-order valence-corrected chi connectivity index (χ4v) is 9.67. The number of anilines is 4. The number of nitrogens with zero attached hydrogens (tertiary/aromatic N) is 2. The Hall–Kier alpha value is -6.72. The first-order chi connectivity index (χ1) is 28.6. The van der Waals surface area contributed by atoms with Gasteiger partial charge in [0.2, 0.25) is 11.8 Å². The minimum absolute atomic E-state index is 0.0451. The van der Waals surface area contributed by atoms with Gasteiger partial charge in [-0.3, -0.25) is 29.5 Å². The number of hydrogen-bond acceptors (Lipinski definition) is 8. The maximum Gasteiger partial charge on any atom is 0.260 e. The summed E-state index contributed by atoms with van der Waals surface area (Å²) in [6.07, 6.45) is 6.01. The number of aromatic hydroxyl groups is 1. The second-order valence-corrected chi connectivity index (χ2v) is 15.7. The molecule has 3 fully saturated rings. The molecule has 2 aliphatic carbocycles. The van der Waals surface area contributed by atoms with Crippen LogP contribution in [0, 0.1) is 35.4 Å². The number of allylic oxidation sites excluding steroid dienone is 3. The number of para-hydroxylation sites is 1. The van der Waals surface area contributed by atoms with Crippen LogP contribution in [-0.2, 0) is 24.6 Å². The highest BCUT2D eigenvalue weighted by molar-refractivity contribution is 6.30. The number of fused-ring (bicyclic) bond motifs is 4. The molecule has 0 bridgehead atoms. The van der Waals surface area contributed by atoms with Crippen LogP contribution >= 0.6 is 11.6 Å². The first kappa shape index (κ1) is 37.8. The third kappa shape index (κ3) is 6.33. The highest BCUT2D eigenvalue weighted by Gasteiger charge is 2.69. The van der Waals surface area contributed by atoms with Crippen LogP contribution in [0.5, 0.6) is 11.5 Å². The Morgan fingerprint density at radius 3 is 2.22 bits per heavy atom. The molecule has 4 aliphatic rings. The van der Waals surface area contributed by atoms with Crippen molar-refractivity contribution in [3.63, 3.8) is 0 Å². The number of phenols is 1. The lowest BCUT2D eigenvalue weighted by Gasteiger charge is -2.49. The minimum atomic E-state index is -1.52. The van der Waals surface area contributed by atoms with Gasteiger partial charge in [0.25, 0.3) is 11.8 Å². The smallest absolute Gasteiger partial charge is 0.260 e. The van der Waals surface area contributed by atoms with Crippen LogP contribution in [0.4, 0.5) is 27.1 Å². The number of phenolic OH excluding ortho intramolecular Hbond substituents is 1. The van der Waals surface area contributed by atoms with Crippen molar-refractivity contribution in [3.8, 4) is 11.5 Å². The van der Waals surface area contributed by atoms with E-state index in [1.807, 2.05) is 60.7 Å². The molecule has 296 valence electrons. The summed E-state index contributed by atoms with van der Waals surface area (Å²) in [5.74, 6) is -5.82. The molecule has 12 heteroatoms. The summed E-state index contributed by atoms with van der Waals surface area (Å²) in [5.41, 5.74) is 5.87. The topological polar surface area (TPSA) is 128 Å². The molecule has 4 amide bonds. The van der Waals surface area contributed by atoms with Crippen LogP contribution in [0.1, 0.15) is 24.0 Å². The number of ether oxygens (including phenoxy) is 1. The number of carbonyl (C=O) groups excluding carboxylic acids is 4. The lowest BCUT2D eigenvalue weighted by Crippen LogP contribution is -2.54. The summed E-state index contributed by atoms with van der Waals surface area (Å²) >= 11 is 6.39. The first-order valence-corrected chi connectivity index (χ1v) is 19.7. The number of amides is 4. The third-order valence-corrected chi connectivity index (χ3v) is 12.4. The van der Waals surface area contributed by atoms with Gasteiger partial charge in [-0.1, -0.05) is 71.8 Å². The van der Waals surface area contributed by atoms with Gasteiger partial charge in [-0.05, 0) is 115 Å². The molecule has 5 aromatic carbocycles. The van der Waals surface area contributed by atoms with Crippen molar-refractivity contribution in [3.05, 3.63) is 161 Å². The quantitative estimate of drug-likeness (QED) is 0.0998. The average Bonchev–Trinajstić information content (AvgIpc) is 3.63. The van der Waals surface area contributed by atoms with Crippen LogP contribution in [0.3, 0.4) is 0 Å². The molecular formula is C47H38ClFN4O6. The van der Waals surface area contributed by atoms with Gasteiger partial charge in [-0.25, -0.2) is 4.39 Å². The van der Waals surface area contributed by atoms with Crippen molar-refractivity contribution < 1.29 is 33.4 Å². The van der Waals surface area contributed by atoms with Crippen molar-refractivity contribution in [2.24, 2.45) is 29.6 Å². The maximum absolute atomic E-state index is 15.3. The van der Waals surface area contributed by atoms with E-state index in [-0.39, 0.29) is 36.2 Å². The second kappa shape index (κ2) is 14.9. The zero-order chi connectivity index (χ0) is 41.0. The monoisotopic (exact) mass is 808 g/mol. The second-order valence-electron chi connectivity index (χ2n) is 15.3. The van der Waals surface area contributed by atoms with Crippen molar-refractivity contribution in [2.45, 2.75) is 18.3 Å². The number of halogens is 2. The SMILES string of the molecule is COc1cc(C=C[C@H]2C3=CC[C@@H]4C(=O)N(c5ccc(Nc6ccccc6)cc5)C(=O)[C@@H]4[C@@H]3C[C@H]3C(=O)N(Nc4ccc(F)cc4)C(=O)[C@@]23c2ccc(Cl)cc2)ccc1O. The number of imide groups is 2. The van der Waals surface area contributed by atoms with E-state index in [0.29, 0.717) is 27.5 Å². The van der Waals surface area contributed by atoms with Gasteiger partial charge in [-0.2, -0.15) is 5.01 Å². The van der Waals surface area contributed by atoms with E-state index >= 15 is 4.79 Å². The van der Waals surface area contributed by atoms with E-state index in [0.717, 1.165) is 22.0 Å². The molecule has 0 spiro atoms. The lowest BCUT2D eigenvalue weighted by atomic mass is 9.50. The number of rotatable bonds is 9. The summed E-state index contributed by atoms with van der Waals surface area (Å²) < 4.78 is 19.3.